The molecular formula is C17H17BrN2O3. The molecule has 0 heterocycles. The van der Waals surface area contributed by atoms with Crippen molar-refractivity contribution in [2.45, 2.75) is 13.0 Å². The summed E-state index contributed by atoms with van der Waals surface area (Å²) in [5.74, 6) is -0.224. The smallest absolute Gasteiger partial charge is 0.258 e. The van der Waals surface area contributed by atoms with Gasteiger partial charge in [-0.1, -0.05) is 28.1 Å². The average molecular weight is 377 g/mol. The summed E-state index contributed by atoms with van der Waals surface area (Å²) in [6, 6.07) is 13.9. The van der Waals surface area contributed by atoms with Gasteiger partial charge in [0, 0.05) is 10.0 Å². The maximum absolute atomic E-state index is 11.9. The predicted octanol–water partition coefficient (Wildman–Crippen LogP) is 2.80. The molecule has 0 aliphatic heterocycles. The molecule has 0 aliphatic carbocycles. The standard InChI is InChI=1S/C17H17BrN2O3/c1-11(12-2-6-14(18)7-3-12)20-16(21)10-23-15-8-4-13(5-9-15)17(19)22/h2-9,11H,10H2,1H3,(H2,19,22)(H,20,21)/t11-/m0/s1. The van der Waals surface area contributed by atoms with Gasteiger partial charge in [0.15, 0.2) is 6.61 Å². The number of benzene rings is 2. The summed E-state index contributed by atoms with van der Waals surface area (Å²) in [7, 11) is 0. The molecule has 2 aromatic rings. The number of halogens is 1. The molecule has 6 heteroatoms. The first-order valence-electron chi connectivity index (χ1n) is 7.03. The first kappa shape index (κ1) is 17.0. The molecule has 0 aliphatic rings. The highest BCUT2D eigenvalue weighted by atomic mass is 79.9. The van der Waals surface area contributed by atoms with Gasteiger partial charge in [0.2, 0.25) is 5.91 Å². The van der Waals surface area contributed by atoms with E-state index in [1.165, 1.54) is 0 Å². The molecule has 0 saturated carbocycles. The van der Waals surface area contributed by atoms with Crippen LogP contribution in [0.2, 0.25) is 0 Å². The van der Waals surface area contributed by atoms with Crippen molar-refractivity contribution in [3.05, 3.63) is 64.1 Å². The Morgan fingerprint density at radius 2 is 1.74 bits per heavy atom. The predicted molar refractivity (Wildman–Crippen MR) is 91.2 cm³/mol. The van der Waals surface area contributed by atoms with Crippen molar-refractivity contribution in [3.8, 4) is 5.75 Å². The number of nitrogens with two attached hydrogens (primary N) is 1. The lowest BCUT2D eigenvalue weighted by Crippen LogP contribution is -2.31. The van der Waals surface area contributed by atoms with Crippen LogP contribution < -0.4 is 15.8 Å². The minimum atomic E-state index is -0.502. The molecule has 0 bridgehead atoms. The van der Waals surface area contributed by atoms with Crippen LogP contribution in [0.3, 0.4) is 0 Å². The van der Waals surface area contributed by atoms with Crippen molar-refractivity contribution in [2.75, 3.05) is 6.61 Å². The Morgan fingerprint density at radius 1 is 1.13 bits per heavy atom. The molecular weight excluding hydrogens is 360 g/mol. The molecule has 3 N–H and O–H groups in total. The van der Waals surface area contributed by atoms with E-state index in [4.69, 9.17) is 10.5 Å². The van der Waals surface area contributed by atoms with E-state index >= 15 is 0 Å². The average Bonchev–Trinajstić information content (AvgIpc) is 2.54. The zero-order valence-electron chi connectivity index (χ0n) is 12.6. The highest BCUT2D eigenvalue weighted by Crippen LogP contribution is 2.16. The summed E-state index contributed by atoms with van der Waals surface area (Å²) in [4.78, 5) is 22.9. The van der Waals surface area contributed by atoms with Crippen LogP contribution in [0.15, 0.2) is 53.0 Å². The zero-order chi connectivity index (χ0) is 16.8. The van der Waals surface area contributed by atoms with E-state index < -0.39 is 5.91 Å². The second kappa shape index (κ2) is 7.78. The van der Waals surface area contributed by atoms with Gasteiger partial charge in [-0.2, -0.15) is 0 Å². The highest BCUT2D eigenvalue weighted by molar-refractivity contribution is 9.10. The minimum Gasteiger partial charge on any atom is -0.484 e. The quantitative estimate of drug-likeness (QED) is 0.812. The molecule has 0 unspecified atom stereocenters. The molecule has 0 radical (unpaired) electrons. The van der Waals surface area contributed by atoms with Gasteiger partial charge in [-0.05, 0) is 48.9 Å². The summed E-state index contributed by atoms with van der Waals surface area (Å²) in [6.45, 7) is 1.81. The van der Waals surface area contributed by atoms with Crippen molar-refractivity contribution in [2.24, 2.45) is 5.73 Å². The van der Waals surface area contributed by atoms with E-state index in [1.54, 1.807) is 24.3 Å². The van der Waals surface area contributed by atoms with Crippen molar-refractivity contribution in [1.82, 2.24) is 5.32 Å². The summed E-state index contributed by atoms with van der Waals surface area (Å²) < 4.78 is 6.38. The fourth-order valence-electron chi connectivity index (χ4n) is 1.98. The Kier molecular flexibility index (Phi) is 5.76. The molecule has 2 rings (SSSR count). The Bertz CT molecular complexity index is 684. The van der Waals surface area contributed by atoms with E-state index in [2.05, 4.69) is 21.2 Å². The number of hydrogen-bond donors (Lipinski definition) is 2. The molecule has 0 spiro atoms. The van der Waals surface area contributed by atoms with Crippen molar-refractivity contribution >= 4 is 27.7 Å². The third-order valence-corrected chi connectivity index (χ3v) is 3.78. The Hall–Kier alpha value is -2.34. The largest absolute Gasteiger partial charge is 0.484 e. The molecule has 120 valence electrons. The van der Waals surface area contributed by atoms with Gasteiger partial charge in [-0.3, -0.25) is 9.59 Å². The van der Waals surface area contributed by atoms with Gasteiger partial charge in [-0.25, -0.2) is 0 Å². The Morgan fingerprint density at radius 3 is 2.30 bits per heavy atom. The van der Waals surface area contributed by atoms with Crippen molar-refractivity contribution in [1.29, 1.82) is 0 Å². The highest BCUT2D eigenvalue weighted by Gasteiger charge is 2.10. The molecule has 2 aromatic carbocycles. The summed E-state index contributed by atoms with van der Waals surface area (Å²) in [5, 5.41) is 2.86. The Balaban J connectivity index is 1.84. The minimum absolute atomic E-state index is 0.100. The van der Waals surface area contributed by atoms with Gasteiger partial charge in [0.25, 0.3) is 5.91 Å². The molecule has 5 nitrogen and oxygen atoms in total. The molecule has 0 aromatic heterocycles. The first-order valence-corrected chi connectivity index (χ1v) is 7.82. The number of primary amides is 1. The van der Waals surface area contributed by atoms with Crippen LogP contribution in [0.5, 0.6) is 5.75 Å². The van der Waals surface area contributed by atoms with E-state index in [1.807, 2.05) is 31.2 Å². The molecule has 1 atom stereocenters. The van der Waals surface area contributed by atoms with Crippen LogP contribution in [0.1, 0.15) is 28.9 Å². The number of carbonyl (C=O) groups excluding carboxylic acids is 2. The number of hydrogen-bond acceptors (Lipinski definition) is 3. The molecule has 2 amide bonds. The van der Waals surface area contributed by atoms with Gasteiger partial charge in [-0.15, -0.1) is 0 Å². The fourth-order valence-corrected chi connectivity index (χ4v) is 2.25. The lowest BCUT2D eigenvalue weighted by Gasteiger charge is -2.15. The third kappa shape index (κ3) is 5.10. The topological polar surface area (TPSA) is 81.4 Å². The van der Waals surface area contributed by atoms with E-state index in [-0.39, 0.29) is 18.6 Å². The number of nitrogens with one attached hydrogen (secondary N) is 1. The lowest BCUT2D eigenvalue weighted by molar-refractivity contribution is -0.123. The van der Waals surface area contributed by atoms with E-state index in [9.17, 15) is 9.59 Å². The second-order valence-corrected chi connectivity index (χ2v) is 5.93. The van der Waals surface area contributed by atoms with Crippen LogP contribution in [-0.4, -0.2) is 18.4 Å². The second-order valence-electron chi connectivity index (χ2n) is 5.02. The SMILES string of the molecule is C[C@H](NC(=O)COc1ccc(C(N)=O)cc1)c1ccc(Br)cc1. The normalized spacial score (nSPS) is 11.6. The molecule has 23 heavy (non-hydrogen) atoms. The first-order chi connectivity index (χ1) is 11.0. The zero-order valence-corrected chi connectivity index (χ0v) is 14.2. The lowest BCUT2D eigenvalue weighted by atomic mass is 10.1. The molecule has 0 saturated heterocycles. The van der Waals surface area contributed by atoms with Crippen LogP contribution in [0, 0.1) is 0 Å². The maximum atomic E-state index is 11.9. The maximum Gasteiger partial charge on any atom is 0.258 e. The summed E-state index contributed by atoms with van der Waals surface area (Å²) in [5.41, 5.74) is 6.56. The summed E-state index contributed by atoms with van der Waals surface area (Å²) in [6.07, 6.45) is 0. The van der Waals surface area contributed by atoms with Crippen molar-refractivity contribution < 1.29 is 14.3 Å². The van der Waals surface area contributed by atoms with Crippen LogP contribution >= 0.6 is 15.9 Å². The fraction of sp³-hybridized carbons (Fsp3) is 0.176. The van der Waals surface area contributed by atoms with Crippen LogP contribution in [0.25, 0.3) is 0 Å². The van der Waals surface area contributed by atoms with Crippen LogP contribution in [-0.2, 0) is 4.79 Å². The number of rotatable bonds is 6. The number of amides is 2. The van der Waals surface area contributed by atoms with Gasteiger partial charge < -0.3 is 15.8 Å². The monoisotopic (exact) mass is 376 g/mol. The summed E-state index contributed by atoms with van der Waals surface area (Å²) >= 11 is 3.37. The third-order valence-electron chi connectivity index (χ3n) is 3.26. The van der Waals surface area contributed by atoms with Gasteiger partial charge >= 0.3 is 0 Å². The van der Waals surface area contributed by atoms with Gasteiger partial charge in [0.05, 0.1) is 6.04 Å². The van der Waals surface area contributed by atoms with Gasteiger partial charge in [0.1, 0.15) is 5.75 Å². The van der Waals surface area contributed by atoms with E-state index in [0.717, 1.165) is 10.0 Å². The number of carbonyl (C=O) groups is 2. The number of ether oxygens (including phenoxy) is 1. The van der Waals surface area contributed by atoms with E-state index in [0.29, 0.717) is 11.3 Å². The Labute approximate surface area is 143 Å². The molecule has 0 fully saturated rings. The van der Waals surface area contributed by atoms with Crippen LogP contribution in [0.4, 0.5) is 0 Å². The van der Waals surface area contributed by atoms with Crippen molar-refractivity contribution in [3.63, 3.8) is 0 Å².